The Balaban J connectivity index is 2.43. The summed E-state index contributed by atoms with van der Waals surface area (Å²) >= 11 is 0. The van der Waals surface area contributed by atoms with Gasteiger partial charge in [-0.3, -0.25) is 4.98 Å². The van der Waals surface area contributed by atoms with E-state index >= 15 is 0 Å². The van der Waals surface area contributed by atoms with Crippen molar-refractivity contribution in [1.29, 1.82) is 0 Å². The van der Waals surface area contributed by atoms with Gasteiger partial charge in [0.05, 0.1) is 11.1 Å². The highest BCUT2D eigenvalue weighted by Gasteiger charge is 2.24. The molecule has 2 N–H and O–H groups in total. The molecular formula is C12H14N2O3. The summed E-state index contributed by atoms with van der Waals surface area (Å²) in [5.74, 6) is -0.533. The van der Waals surface area contributed by atoms with Crippen molar-refractivity contribution < 1.29 is 13.9 Å². The van der Waals surface area contributed by atoms with Crippen molar-refractivity contribution >= 4 is 22.6 Å². The fourth-order valence-corrected chi connectivity index (χ4v) is 1.44. The third kappa shape index (κ3) is 2.22. The highest BCUT2D eigenvalue weighted by molar-refractivity contribution is 6.02. The molecule has 0 aliphatic carbocycles. The number of hydrogen-bond donors (Lipinski definition) is 1. The highest BCUT2D eigenvalue weighted by Crippen LogP contribution is 2.28. The molecule has 0 unspecified atom stereocenters. The van der Waals surface area contributed by atoms with E-state index in [-0.39, 0.29) is 11.4 Å². The van der Waals surface area contributed by atoms with Gasteiger partial charge in [-0.2, -0.15) is 0 Å². The number of hydrogen-bond acceptors (Lipinski definition) is 5. The molecule has 5 nitrogen and oxygen atoms in total. The molecule has 0 aliphatic rings. The summed E-state index contributed by atoms with van der Waals surface area (Å²) in [5, 5.41) is 0.619. The number of fused-ring (bicyclic) bond motifs is 1. The van der Waals surface area contributed by atoms with Crippen LogP contribution >= 0.6 is 0 Å². The van der Waals surface area contributed by atoms with Crippen molar-refractivity contribution in [3.63, 3.8) is 0 Å². The Hall–Kier alpha value is -2.04. The minimum atomic E-state index is -0.583. The van der Waals surface area contributed by atoms with Crippen LogP contribution in [0.5, 0.6) is 0 Å². The molecule has 0 saturated heterocycles. The quantitative estimate of drug-likeness (QED) is 0.766. The second-order valence-electron chi connectivity index (χ2n) is 4.72. The van der Waals surface area contributed by atoms with E-state index in [4.69, 9.17) is 14.9 Å². The molecule has 0 spiro atoms. The maximum Gasteiger partial charge on any atom is 0.377 e. The molecule has 2 rings (SSSR count). The van der Waals surface area contributed by atoms with Gasteiger partial charge in [-0.15, -0.1) is 0 Å². The van der Waals surface area contributed by atoms with Gasteiger partial charge in [0.25, 0.3) is 0 Å². The molecule has 0 bridgehead atoms. The van der Waals surface area contributed by atoms with Crippen LogP contribution in [-0.4, -0.2) is 16.6 Å². The van der Waals surface area contributed by atoms with E-state index in [1.165, 1.54) is 0 Å². The summed E-state index contributed by atoms with van der Waals surface area (Å²) in [6.07, 6.45) is 3.13. The molecule has 0 aliphatic heterocycles. The summed E-state index contributed by atoms with van der Waals surface area (Å²) in [7, 11) is 0. The Kier molecular flexibility index (Phi) is 2.53. The largest absolute Gasteiger partial charge is 0.454 e. The molecule has 2 aromatic rings. The van der Waals surface area contributed by atoms with Crippen LogP contribution in [0, 0.1) is 0 Å². The first-order chi connectivity index (χ1) is 7.88. The van der Waals surface area contributed by atoms with E-state index in [1.807, 2.05) is 0 Å². The van der Waals surface area contributed by atoms with Crippen molar-refractivity contribution in [1.82, 2.24) is 4.98 Å². The van der Waals surface area contributed by atoms with Gasteiger partial charge >= 0.3 is 5.97 Å². The first kappa shape index (κ1) is 11.4. The molecule has 0 amide bonds. The van der Waals surface area contributed by atoms with Crippen LogP contribution in [0.15, 0.2) is 22.9 Å². The Labute approximate surface area is 98.6 Å². The predicted molar refractivity (Wildman–Crippen MR) is 63.6 cm³/mol. The molecular weight excluding hydrogens is 220 g/mol. The van der Waals surface area contributed by atoms with Crippen molar-refractivity contribution in [2.45, 2.75) is 26.4 Å². The topological polar surface area (TPSA) is 78.3 Å². The lowest BCUT2D eigenvalue weighted by molar-refractivity contribution is 0.00398. The normalized spacial score (nSPS) is 11.7. The zero-order chi connectivity index (χ0) is 12.6. The number of nitrogen functional groups attached to an aromatic ring is 1. The number of rotatable bonds is 1. The maximum absolute atomic E-state index is 11.8. The lowest BCUT2D eigenvalue weighted by atomic mass is 10.2. The Morgan fingerprint density at radius 2 is 2.18 bits per heavy atom. The third-order valence-electron chi connectivity index (χ3n) is 2.11. The number of anilines is 1. The molecule has 2 heterocycles. The van der Waals surface area contributed by atoms with Gasteiger partial charge in [-0.1, -0.05) is 0 Å². The summed E-state index contributed by atoms with van der Waals surface area (Å²) < 4.78 is 10.6. The lowest BCUT2D eigenvalue weighted by Crippen LogP contribution is -2.24. The van der Waals surface area contributed by atoms with Gasteiger partial charge in [0, 0.05) is 12.4 Å². The summed E-state index contributed by atoms with van der Waals surface area (Å²) in [5.41, 5.74) is 6.03. The smallest absolute Gasteiger partial charge is 0.377 e. The molecule has 0 aromatic carbocycles. The maximum atomic E-state index is 11.8. The van der Waals surface area contributed by atoms with Crippen molar-refractivity contribution in [3.05, 3.63) is 24.2 Å². The number of furan rings is 1. The highest BCUT2D eigenvalue weighted by atomic mass is 16.6. The van der Waals surface area contributed by atoms with Gasteiger partial charge < -0.3 is 14.9 Å². The minimum absolute atomic E-state index is 0.0305. The molecule has 0 radical (unpaired) electrons. The number of nitrogens with two attached hydrogens (primary N) is 1. The lowest BCUT2D eigenvalue weighted by Gasteiger charge is -2.18. The molecule has 0 saturated carbocycles. The van der Waals surface area contributed by atoms with E-state index in [1.54, 1.807) is 39.2 Å². The second kappa shape index (κ2) is 3.76. The standard InChI is InChI=1S/C12H14N2O3/c1-12(2,3)17-11(15)10-9(13)7-6-14-5-4-8(7)16-10/h4-6H,13H2,1-3H3. The van der Waals surface area contributed by atoms with Gasteiger partial charge in [-0.25, -0.2) is 4.79 Å². The number of carbonyl (C=O) groups excluding carboxylic acids is 1. The number of esters is 1. The monoisotopic (exact) mass is 234 g/mol. The number of aromatic nitrogens is 1. The Morgan fingerprint density at radius 1 is 1.47 bits per heavy atom. The van der Waals surface area contributed by atoms with Gasteiger partial charge in [0.1, 0.15) is 11.2 Å². The number of carbonyl (C=O) groups is 1. The summed E-state index contributed by atoms with van der Waals surface area (Å²) in [6, 6.07) is 1.65. The molecule has 0 atom stereocenters. The predicted octanol–water partition coefficient (Wildman–Crippen LogP) is 2.37. The number of ether oxygens (including phenoxy) is 1. The zero-order valence-electron chi connectivity index (χ0n) is 9.98. The zero-order valence-corrected chi connectivity index (χ0v) is 9.98. The summed E-state index contributed by atoms with van der Waals surface area (Å²) in [6.45, 7) is 5.35. The Morgan fingerprint density at radius 3 is 2.76 bits per heavy atom. The first-order valence-corrected chi connectivity index (χ1v) is 5.24. The van der Waals surface area contributed by atoms with Crippen LogP contribution < -0.4 is 5.73 Å². The van der Waals surface area contributed by atoms with Crippen LogP contribution in [-0.2, 0) is 4.74 Å². The SMILES string of the molecule is CC(C)(C)OC(=O)c1oc2ccncc2c1N. The molecule has 0 fully saturated rings. The van der Waals surface area contributed by atoms with Crippen LogP contribution in [0.25, 0.3) is 11.0 Å². The van der Waals surface area contributed by atoms with E-state index in [0.717, 1.165) is 0 Å². The van der Waals surface area contributed by atoms with Crippen LogP contribution in [0.1, 0.15) is 31.3 Å². The molecule has 2 aromatic heterocycles. The van der Waals surface area contributed by atoms with E-state index < -0.39 is 11.6 Å². The van der Waals surface area contributed by atoms with Crippen LogP contribution in [0.2, 0.25) is 0 Å². The van der Waals surface area contributed by atoms with Gasteiger partial charge in [-0.05, 0) is 26.8 Å². The molecule has 90 valence electrons. The van der Waals surface area contributed by atoms with E-state index in [2.05, 4.69) is 4.98 Å². The van der Waals surface area contributed by atoms with E-state index in [9.17, 15) is 4.79 Å². The summed E-state index contributed by atoms with van der Waals surface area (Å²) in [4.78, 5) is 15.8. The average Bonchev–Trinajstić information content (AvgIpc) is 2.55. The average molecular weight is 234 g/mol. The van der Waals surface area contributed by atoms with Crippen molar-refractivity contribution in [2.75, 3.05) is 5.73 Å². The molecule has 17 heavy (non-hydrogen) atoms. The second-order valence-corrected chi connectivity index (χ2v) is 4.72. The number of pyridine rings is 1. The fraction of sp³-hybridized carbons (Fsp3) is 0.333. The van der Waals surface area contributed by atoms with Crippen molar-refractivity contribution in [3.8, 4) is 0 Å². The van der Waals surface area contributed by atoms with Crippen LogP contribution in [0.4, 0.5) is 5.69 Å². The van der Waals surface area contributed by atoms with Crippen LogP contribution in [0.3, 0.4) is 0 Å². The number of nitrogens with zero attached hydrogens (tertiary/aromatic N) is 1. The molecule has 5 heteroatoms. The third-order valence-corrected chi connectivity index (χ3v) is 2.11. The Bertz CT molecular complexity index is 567. The minimum Gasteiger partial charge on any atom is -0.454 e. The van der Waals surface area contributed by atoms with Gasteiger partial charge in [0.15, 0.2) is 0 Å². The van der Waals surface area contributed by atoms with E-state index in [0.29, 0.717) is 11.0 Å². The first-order valence-electron chi connectivity index (χ1n) is 5.24. The van der Waals surface area contributed by atoms with Crippen molar-refractivity contribution in [2.24, 2.45) is 0 Å². The fourth-order valence-electron chi connectivity index (χ4n) is 1.44. The van der Waals surface area contributed by atoms with Gasteiger partial charge in [0.2, 0.25) is 5.76 Å².